The summed E-state index contributed by atoms with van der Waals surface area (Å²) < 4.78 is 4.73. The van der Waals surface area contributed by atoms with Crippen LogP contribution in [0.2, 0.25) is 0 Å². The van der Waals surface area contributed by atoms with Gasteiger partial charge in [-0.3, -0.25) is 9.59 Å². The number of nitrogens with two attached hydrogens (primary N) is 1. The summed E-state index contributed by atoms with van der Waals surface area (Å²) in [6.45, 7) is 5.08. The van der Waals surface area contributed by atoms with Gasteiger partial charge in [0.05, 0.1) is 18.0 Å². The molecule has 118 valence electrons. The summed E-state index contributed by atoms with van der Waals surface area (Å²) in [5.74, 6) is -0.167. The normalized spacial score (nSPS) is 20.8. The van der Waals surface area contributed by atoms with E-state index >= 15 is 0 Å². The second-order valence-electron chi connectivity index (χ2n) is 5.56. The number of ketones is 2. The topological polar surface area (TPSA) is 92.5 Å². The maximum atomic E-state index is 12.8. The van der Waals surface area contributed by atoms with E-state index in [4.69, 9.17) is 10.5 Å². The third-order valence-corrected chi connectivity index (χ3v) is 4.03. The average molecular weight is 305 g/mol. The fourth-order valence-corrected chi connectivity index (χ4v) is 2.80. The van der Waals surface area contributed by atoms with Crippen molar-refractivity contribution >= 4 is 17.7 Å². The van der Waals surface area contributed by atoms with E-state index in [-0.39, 0.29) is 24.6 Å². The highest BCUT2D eigenvalue weighted by Crippen LogP contribution is 2.36. The van der Waals surface area contributed by atoms with E-state index < -0.39 is 6.09 Å². The molecule has 2 fully saturated rings. The molecule has 2 heterocycles. The zero-order valence-corrected chi connectivity index (χ0v) is 12.6. The Bertz CT molecular complexity index is 612. The third-order valence-electron chi connectivity index (χ3n) is 4.03. The third kappa shape index (κ3) is 2.58. The Morgan fingerprint density at radius 3 is 2.00 bits per heavy atom. The summed E-state index contributed by atoms with van der Waals surface area (Å²) in [7, 11) is 0. The van der Waals surface area contributed by atoms with Gasteiger partial charge in [0.15, 0.2) is 0 Å². The lowest BCUT2D eigenvalue weighted by molar-refractivity contribution is -0.118. The van der Waals surface area contributed by atoms with Crippen LogP contribution in [0.15, 0.2) is 22.5 Å². The van der Waals surface area contributed by atoms with E-state index in [1.54, 1.807) is 0 Å². The molecule has 1 aliphatic carbocycles. The van der Waals surface area contributed by atoms with Gasteiger partial charge in [-0.25, -0.2) is 4.79 Å². The number of hydrogen-bond donors (Lipinski definition) is 1. The number of hydrogen-bond acceptors (Lipinski definition) is 6. The smallest absolute Gasteiger partial charge is 0.404 e. The van der Waals surface area contributed by atoms with Crippen molar-refractivity contribution in [2.24, 2.45) is 5.73 Å². The molecule has 7 heteroatoms. The Kier molecular flexibility index (Phi) is 3.64. The average Bonchev–Trinajstić information content (AvgIpc) is 3.34. The van der Waals surface area contributed by atoms with Crippen LogP contribution in [0.5, 0.6) is 0 Å². The minimum atomic E-state index is -0.876. The number of ether oxygens (including phenoxy) is 1. The van der Waals surface area contributed by atoms with Gasteiger partial charge in [0.2, 0.25) is 11.6 Å². The number of primary amides is 1. The zero-order chi connectivity index (χ0) is 15.9. The van der Waals surface area contributed by atoms with Crippen LogP contribution in [-0.2, 0) is 14.3 Å². The molecular weight excluding hydrogens is 286 g/mol. The van der Waals surface area contributed by atoms with Crippen molar-refractivity contribution in [2.75, 3.05) is 32.8 Å². The lowest BCUT2D eigenvalue weighted by atomic mass is 9.88. The van der Waals surface area contributed by atoms with Gasteiger partial charge in [-0.2, -0.15) is 0 Å². The Hall–Kier alpha value is -2.31. The molecule has 7 nitrogen and oxygen atoms in total. The van der Waals surface area contributed by atoms with Gasteiger partial charge in [-0.1, -0.05) is 6.92 Å². The maximum absolute atomic E-state index is 12.8. The molecule has 0 aromatic heterocycles. The Labute approximate surface area is 128 Å². The molecule has 0 bridgehead atoms. The summed E-state index contributed by atoms with van der Waals surface area (Å²) in [6, 6.07) is 0. The van der Waals surface area contributed by atoms with Crippen LogP contribution >= 0.6 is 0 Å². The van der Waals surface area contributed by atoms with Gasteiger partial charge in [0.1, 0.15) is 0 Å². The van der Waals surface area contributed by atoms with Gasteiger partial charge >= 0.3 is 6.09 Å². The summed E-state index contributed by atoms with van der Waals surface area (Å²) in [5.41, 5.74) is 7.02. The fraction of sp³-hybridized carbons (Fsp3) is 0.533. The highest BCUT2D eigenvalue weighted by Gasteiger charge is 2.42. The standard InChI is InChI=1S/C15H19N3O4/c1-2-9-11(17-4-5-17)14(20)10(3-8-22-15(16)21)12(13(9)19)18-6-7-18/h2-8H2,1H3,(H2,16,21). The van der Waals surface area contributed by atoms with Crippen LogP contribution in [0.25, 0.3) is 0 Å². The van der Waals surface area contributed by atoms with Crippen molar-refractivity contribution < 1.29 is 19.1 Å². The molecule has 0 aromatic rings. The van der Waals surface area contributed by atoms with Crippen LogP contribution < -0.4 is 5.73 Å². The van der Waals surface area contributed by atoms with Crippen LogP contribution in [0.1, 0.15) is 19.8 Å². The molecule has 0 atom stereocenters. The number of allylic oxidation sites excluding steroid dienone is 2. The molecule has 0 unspecified atom stereocenters. The van der Waals surface area contributed by atoms with Crippen LogP contribution in [0, 0.1) is 0 Å². The van der Waals surface area contributed by atoms with E-state index in [9.17, 15) is 14.4 Å². The molecule has 22 heavy (non-hydrogen) atoms. The molecule has 3 rings (SSSR count). The predicted molar refractivity (Wildman–Crippen MR) is 77.7 cm³/mol. The lowest BCUT2D eigenvalue weighted by Crippen LogP contribution is -2.31. The second kappa shape index (κ2) is 5.47. The van der Waals surface area contributed by atoms with Gasteiger partial charge in [0.25, 0.3) is 0 Å². The Balaban J connectivity index is 1.92. The first-order valence-electron chi connectivity index (χ1n) is 7.52. The highest BCUT2D eigenvalue weighted by molar-refractivity contribution is 6.25. The van der Waals surface area contributed by atoms with Crippen LogP contribution in [0.4, 0.5) is 4.79 Å². The minimum absolute atomic E-state index is 0.00969. The summed E-state index contributed by atoms with van der Waals surface area (Å²) in [4.78, 5) is 40.1. The molecule has 0 aromatic carbocycles. The summed E-state index contributed by atoms with van der Waals surface area (Å²) >= 11 is 0. The number of nitrogens with zero attached hydrogens (tertiary/aromatic N) is 2. The van der Waals surface area contributed by atoms with Gasteiger partial charge < -0.3 is 20.3 Å². The first kappa shape index (κ1) is 14.6. The Morgan fingerprint density at radius 1 is 1.05 bits per heavy atom. The monoisotopic (exact) mass is 305 g/mol. The lowest BCUT2D eigenvalue weighted by Gasteiger charge is -2.25. The maximum Gasteiger partial charge on any atom is 0.404 e. The Morgan fingerprint density at radius 2 is 1.55 bits per heavy atom. The SMILES string of the molecule is CCC1=C(N2CC2)C(=O)C(CCOC(N)=O)=C(N2CC2)C1=O. The molecule has 2 N–H and O–H groups in total. The predicted octanol–water partition coefficient (Wildman–Crippen LogP) is 0.173. The van der Waals surface area contributed by atoms with Gasteiger partial charge in [0, 0.05) is 43.7 Å². The van der Waals surface area contributed by atoms with E-state index in [1.807, 2.05) is 16.7 Å². The van der Waals surface area contributed by atoms with Crippen LogP contribution in [0.3, 0.4) is 0 Å². The van der Waals surface area contributed by atoms with Crippen molar-refractivity contribution in [3.63, 3.8) is 0 Å². The van der Waals surface area contributed by atoms with Gasteiger partial charge in [-0.15, -0.1) is 0 Å². The first-order valence-corrected chi connectivity index (χ1v) is 7.52. The summed E-state index contributed by atoms with van der Waals surface area (Å²) in [5, 5.41) is 0. The number of carbonyl (C=O) groups is 3. The number of carbonyl (C=O) groups excluding carboxylic acids is 3. The van der Waals surface area contributed by atoms with Crippen molar-refractivity contribution in [1.82, 2.24) is 9.80 Å². The molecule has 2 aliphatic heterocycles. The summed E-state index contributed by atoms with van der Waals surface area (Å²) in [6.07, 6.45) is -0.119. The fourth-order valence-electron chi connectivity index (χ4n) is 2.80. The van der Waals surface area contributed by atoms with E-state index in [1.165, 1.54) is 0 Å². The molecule has 3 aliphatic rings. The first-order chi connectivity index (χ1) is 10.5. The van der Waals surface area contributed by atoms with Crippen LogP contribution in [-0.4, -0.2) is 60.2 Å². The quantitative estimate of drug-likeness (QED) is 0.555. The van der Waals surface area contributed by atoms with Crippen molar-refractivity contribution in [3.8, 4) is 0 Å². The molecular formula is C15H19N3O4. The number of rotatable bonds is 6. The molecule has 0 radical (unpaired) electrons. The van der Waals surface area contributed by atoms with Gasteiger partial charge in [-0.05, 0) is 6.42 Å². The van der Waals surface area contributed by atoms with E-state index in [0.717, 1.165) is 26.2 Å². The minimum Gasteiger partial charge on any atom is -0.449 e. The number of Topliss-reactive ketones (excluding diaryl/α,β-unsaturated/α-hetero) is 2. The van der Waals surface area contributed by atoms with E-state index in [2.05, 4.69) is 0 Å². The zero-order valence-electron chi connectivity index (χ0n) is 12.6. The largest absolute Gasteiger partial charge is 0.449 e. The molecule has 0 saturated carbocycles. The number of amides is 1. The molecule has 1 amide bonds. The second-order valence-corrected chi connectivity index (χ2v) is 5.56. The van der Waals surface area contributed by atoms with Crippen molar-refractivity contribution in [2.45, 2.75) is 19.8 Å². The van der Waals surface area contributed by atoms with Crippen molar-refractivity contribution in [3.05, 3.63) is 22.5 Å². The highest BCUT2D eigenvalue weighted by atomic mass is 16.5. The van der Waals surface area contributed by atoms with Crippen molar-refractivity contribution in [1.29, 1.82) is 0 Å². The van der Waals surface area contributed by atoms with E-state index in [0.29, 0.717) is 29.0 Å². The molecule has 0 spiro atoms. The molecule has 2 saturated heterocycles.